The quantitative estimate of drug-likeness (QED) is 0.0928. The molecular formula is C39H28Cl2F6SiZr. The summed E-state index contributed by atoms with van der Waals surface area (Å²) in [4.78, 5) is 0. The van der Waals surface area contributed by atoms with E-state index >= 15 is 0 Å². The molecule has 0 aliphatic carbocycles. The van der Waals surface area contributed by atoms with Crippen molar-refractivity contribution in [3.05, 3.63) is 138 Å². The number of hydrogen-bond acceptors (Lipinski definition) is 0. The van der Waals surface area contributed by atoms with E-state index in [1.54, 1.807) is 6.07 Å². The zero-order valence-electron chi connectivity index (χ0n) is 26.5. The zero-order chi connectivity index (χ0) is 35.6. The van der Waals surface area contributed by atoms with Crippen molar-refractivity contribution >= 4 is 47.7 Å². The Hall–Kier alpha value is -3.03. The smallest absolute Gasteiger partial charge is 0.0920 e. The third-order valence-electron chi connectivity index (χ3n) is 8.01. The van der Waals surface area contributed by atoms with E-state index in [4.69, 9.17) is 17.0 Å². The van der Waals surface area contributed by atoms with Crippen molar-refractivity contribution in [3.63, 3.8) is 0 Å². The van der Waals surface area contributed by atoms with Crippen molar-refractivity contribution in [2.75, 3.05) is 0 Å². The molecule has 0 bridgehead atoms. The van der Waals surface area contributed by atoms with E-state index in [-0.39, 0.29) is 11.6 Å². The Bertz CT molecular complexity index is 1990. The van der Waals surface area contributed by atoms with Gasteiger partial charge in [0.05, 0.1) is 20.6 Å². The largest absolute Gasteiger partial charge is 0.184 e. The van der Waals surface area contributed by atoms with E-state index < -0.39 is 49.7 Å². The normalized spacial score (nSPS) is 12.2. The molecule has 2 radical (unpaired) electrons. The van der Waals surface area contributed by atoms with Gasteiger partial charge in [-0.25, -0.2) is 0 Å². The number of halogens is 8. The third-order valence-corrected chi connectivity index (χ3v) is 9.38. The Morgan fingerprint density at radius 3 is 1.88 bits per heavy atom. The van der Waals surface area contributed by atoms with Gasteiger partial charge in [0.2, 0.25) is 0 Å². The van der Waals surface area contributed by atoms with Crippen LogP contribution in [0.4, 0.5) is 26.3 Å². The van der Waals surface area contributed by atoms with Crippen LogP contribution in [0.15, 0.2) is 115 Å². The second kappa shape index (κ2) is 15.1. The minimum Gasteiger partial charge on any atom is -0.184 e. The van der Waals surface area contributed by atoms with Crippen LogP contribution in [-0.4, -0.2) is 9.52 Å². The fraction of sp³-hybridized carbons (Fsp3) is 0.154. The number of hydrogen-bond donors (Lipinski definition) is 0. The molecule has 49 heavy (non-hydrogen) atoms. The van der Waals surface area contributed by atoms with Gasteiger partial charge in [0, 0.05) is 0 Å². The van der Waals surface area contributed by atoms with Gasteiger partial charge in [-0.3, -0.25) is 0 Å². The Kier molecular flexibility index (Phi) is 11.4. The van der Waals surface area contributed by atoms with Gasteiger partial charge in [0.15, 0.2) is 0 Å². The van der Waals surface area contributed by atoms with E-state index in [0.717, 1.165) is 38.2 Å². The van der Waals surface area contributed by atoms with Crippen LogP contribution in [0.25, 0.3) is 44.2 Å². The summed E-state index contributed by atoms with van der Waals surface area (Å²) in [7, 11) is 10.7. The molecule has 6 aromatic rings. The van der Waals surface area contributed by atoms with E-state index in [1.165, 1.54) is 21.5 Å². The van der Waals surface area contributed by atoms with E-state index in [0.29, 0.717) is 16.5 Å². The molecule has 0 fully saturated rings. The standard InChI is InChI=1S/C27H21F6.C12H7Si.2ClH.Zr/c1-25(2,3)23-10-9-17-11-18(16-7-5-4-6-8-16)14-22(17)24(23)19-12-20(26(28,29)30)15-21(13-19)27(31,32)33;1-3-7-11-9(5-1)10-6-2-4-8-12(10)13-11;;;/h4-15H,1-3H3;1-7H;2*1H;/q2*-1;;;+4/p-2. The van der Waals surface area contributed by atoms with Crippen LogP contribution in [0.3, 0.4) is 0 Å². The predicted octanol–water partition coefficient (Wildman–Crippen LogP) is 11.7. The van der Waals surface area contributed by atoms with Crippen molar-refractivity contribution in [3.8, 4) is 33.4 Å². The maximum Gasteiger partial charge on any atom is 0.0920 e. The second-order valence-electron chi connectivity index (χ2n) is 12.3. The molecule has 0 amide bonds. The van der Waals surface area contributed by atoms with Crippen LogP contribution < -0.4 is 10.4 Å². The molecule has 0 atom stereocenters. The van der Waals surface area contributed by atoms with Crippen LogP contribution in [0, 0.1) is 6.07 Å². The monoisotopic (exact) mass is 798 g/mol. The average Bonchev–Trinajstić information content (AvgIpc) is 3.66. The van der Waals surface area contributed by atoms with Gasteiger partial charge < -0.3 is 0 Å². The van der Waals surface area contributed by atoms with E-state index in [2.05, 4.69) is 42.5 Å². The molecule has 0 unspecified atom stereocenters. The molecule has 0 saturated carbocycles. The summed E-state index contributed by atoms with van der Waals surface area (Å²) in [5, 5.41) is 4.19. The van der Waals surface area contributed by atoms with E-state index in [9.17, 15) is 26.3 Å². The van der Waals surface area contributed by atoms with Crippen LogP contribution >= 0.6 is 17.0 Å². The first-order chi connectivity index (χ1) is 23.1. The van der Waals surface area contributed by atoms with Gasteiger partial charge >= 0.3 is 50.2 Å². The van der Waals surface area contributed by atoms with Crippen LogP contribution in [-0.2, 0) is 38.6 Å². The molecule has 6 aromatic carbocycles. The zero-order valence-corrected chi connectivity index (χ0v) is 31.5. The van der Waals surface area contributed by atoms with Crippen molar-refractivity contribution < 1.29 is 47.2 Å². The Balaban J connectivity index is 0.000000239. The summed E-state index contributed by atoms with van der Waals surface area (Å²) >= 11 is -0.826. The van der Waals surface area contributed by atoms with Crippen LogP contribution in [0.2, 0.25) is 0 Å². The van der Waals surface area contributed by atoms with Gasteiger partial charge in [-0.2, -0.15) is 55.8 Å². The first-order valence-electron chi connectivity index (χ1n) is 15.0. The molecule has 1 heterocycles. The molecule has 1 aliphatic heterocycles. The van der Waals surface area contributed by atoms with Gasteiger partial charge in [-0.15, -0.1) is 40.1 Å². The Labute approximate surface area is 302 Å². The fourth-order valence-corrected chi connectivity index (χ4v) is 7.15. The number of benzene rings is 5. The first kappa shape index (κ1) is 37.2. The van der Waals surface area contributed by atoms with Crippen molar-refractivity contribution in [1.29, 1.82) is 0 Å². The summed E-state index contributed by atoms with van der Waals surface area (Å²) < 4.78 is 81.3. The number of alkyl halides is 6. The SMILES string of the molecule is CC(C)(C)c1ccc2[cH-]c(-c3ccccc3)cc2c1-c1cc(C(F)(F)F)cc(C(F)(F)F)c1.[Cl][Zr+2][Cl].[c-]1cccc2c1[Si]c1ccccc1-2. The first-order valence-corrected chi connectivity index (χ1v) is 22.4. The van der Waals surface area contributed by atoms with Crippen molar-refractivity contribution in [1.82, 2.24) is 0 Å². The summed E-state index contributed by atoms with van der Waals surface area (Å²) in [6.45, 7) is 5.66. The molecule has 0 aromatic heterocycles. The van der Waals surface area contributed by atoms with Crippen molar-refractivity contribution in [2.24, 2.45) is 0 Å². The minimum atomic E-state index is -4.91. The number of rotatable bonds is 2. The third kappa shape index (κ3) is 8.65. The summed E-state index contributed by atoms with van der Waals surface area (Å²) in [6, 6.07) is 36.8. The molecule has 7 rings (SSSR count). The topological polar surface area (TPSA) is 0 Å². The van der Waals surface area contributed by atoms with Gasteiger partial charge in [-0.05, 0) is 40.3 Å². The molecular weight excluding hydrogens is 773 g/mol. The molecule has 10 heteroatoms. The Morgan fingerprint density at radius 2 is 1.27 bits per heavy atom. The summed E-state index contributed by atoms with van der Waals surface area (Å²) in [6.07, 6.45) is -9.82. The molecule has 248 valence electrons. The van der Waals surface area contributed by atoms with Crippen LogP contribution in [0.1, 0.15) is 37.5 Å². The van der Waals surface area contributed by atoms with Gasteiger partial charge in [0.25, 0.3) is 0 Å². The summed E-state index contributed by atoms with van der Waals surface area (Å²) in [5.74, 6) is 0. The van der Waals surface area contributed by atoms with Gasteiger partial charge in [-0.1, -0.05) is 97.7 Å². The predicted molar refractivity (Wildman–Crippen MR) is 187 cm³/mol. The van der Waals surface area contributed by atoms with Gasteiger partial charge in [0.1, 0.15) is 0 Å². The average molecular weight is 801 g/mol. The minimum absolute atomic E-state index is 0.0992. The number of fused-ring (bicyclic) bond motifs is 4. The van der Waals surface area contributed by atoms with Crippen molar-refractivity contribution in [2.45, 2.75) is 38.5 Å². The molecule has 0 saturated heterocycles. The molecule has 0 nitrogen and oxygen atoms in total. The molecule has 0 spiro atoms. The fourth-order valence-electron chi connectivity index (χ4n) is 5.84. The van der Waals surface area contributed by atoms with Crippen LogP contribution in [0.5, 0.6) is 0 Å². The summed E-state index contributed by atoms with van der Waals surface area (Å²) in [5.41, 5.74) is 2.34. The van der Waals surface area contributed by atoms with E-state index in [1.807, 2.05) is 75.4 Å². The maximum absolute atomic E-state index is 13.6. The molecule has 1 aliphatic rings. The second-order valence-corrected chi connectivity index (χ2v) is 17.4. The Morgan fingerprint density at radius 1 is 0.673 bits per heavy atom. The maximum atomic E-state index is 13.6. The molecule has 0 N–H and O–H groups in total.